The van der Waals surface area contributed by atoms with Gasteiger partial charge in [-0.25, -0.2) is 0 Å². The summed E-state index contributed by atoms with van der Waals surface area (Å²) in [4.78, 5) is 5.55. The van der Waals surface area contributed by atoms with Crippen LogP contribution in [0.1, 0.15) is 30.1 Å². The van der Waals surface area contributed by atoms with Crippen molar-refractivity contribution in [2.75, 3.05) is 55.6 Å². The van der Waals surface area contributed by atoms with Gasteiger partial charge in [-0.05, 0) is 55.2 Å². The fourth-order valence-electron chi connectivity index (χ4n) is 5.73. The standard InChI is InChI=1S/C28H30ClF6N5/c1-19-16-36-40(26(19)28(33,34)35)23-3-2-10-39(17-23)25-15-21(29)6-9-24(25)20-4-7-22(8-5-20)38-13-11-37(12-14-38)18-27(30,31)32/h4-9,15-16,23H,2-3,10-14,17-18H2,1H3. The van der Waals surface area contributed by atoms with Gasteiger partial charge in [0.1, 0.15) is 5.69 Å². The molecule has 3 heterocycles. The highest BCUT2D eigenvalue weighted by molar-refractivity contribution is 6.31. The molecule has 216 valence electrons. The van der Waals surface area contributed by atoms with E-state index in [4.69, 9.17) is 11.6 Å². The molecule has 0 spiro atoms. The van der Waals surface area contributed by atoms with Crippen LogP contribution < -0.4 is 9.80 Å². The molecule has 5 rings (SSSR count). The Balaban J connectivity index is 1.34. The summed E-state index contributed by atoms with van der Waals surface area (Å²) in [5.74, 6) is 0. The van der Waals surface area contributed by atoms with Crippen LogP contribution >= 0.6 is 11.6 Å². The SMILES string of the molecule is Cc1cnn(C2CCCN(c3cc(Cl)ccc3-c3ccc(N4CCN(CC(F)(F)F)CC4)cc3)C2)c1C(F)(F)F. The number of alkyl halides is 6. The summed E-state index contributed by atoms with van der Waals surface area (Å²) in [5, 5.41) is 4.62. The molecule has 0 radical (unpaired) electrons. The molecule has 1 aromatic heterocycles. The van der Waals surface area contributed by atoms with E-state index in [1.54, 1.807) is 6.07 Å². The molecular weight excluding hydrogens is 556 g/mol. The number of hydrogen-bond donors (Lipinski definition) is 0. The zero-order valence-corrected chi connectivity index (χ0v) is 22.7. The molecule has 2 aliphatic rings. The lowest BCUT2D eigenvalue weighted by Crippen LogP contribution is -2.49. The number of halogens is 7. The summed E-state index contributed by atoms with van der Waals surface area (Å²) in [5.41, 5.74) is 2.98. The van der Waals surface area contributed by atoms with Crippen LogP contribution in [0.25, 0.3) is 11.1 Å². The zero-order valence-electron chi connectivity index (χ0n) is 21.9. The fraction of sp³-hybridized carbons (Fsp3) is 0.464. The normalized spacial score (nSPS) is 19.4. The van der Waals surface area contributed by atoms with E-state index >= 15 is 0 Å². The van der Waals surface area contributed by atoms with Gasteiger partial charge in [-0.3, -0.25) is 9.58 Å². The van der Waals surface area contributed by atoms with Crippen molar-refractivity contribution in [3.05, 3.63) is 64.9 Å². The Morgan fingerprint density at radius 3 is 2.25 bits per heavy atom. The van der Waals surface area contributed by atoms with Crippen molar-refractivity contribution >= 4 is 23.0 Å². The van der Waals surface area contributed by atoms with Gasteiger partial charge in [0.15, 0.2) is 0 Å². The first-order valence-corrected chi connectivity index (χ1v) is 13.6. The second-order valence-corrected chi connectivity index (χ2v) is 10.9. The molecule has 2 aromatic carbocycles. The fourth-order valence-corrected chi connectivity index (χ4v) is 5.90. The lowest BCUT2D eigenvalue weighted by atomic mass is 9.99. The van der Waals surface area contributed by atoms with Gasteiger partial charge >= 0.3 is 12.4 Å². The number of benzene rings is 2. The van der Waals surface area contributed by atoms with Crippen LogP contribution in [0, 0.1) is 6.92 Å². The van der Waals surface area contributed by atoms with Gasteiger partial charge in [0.25, 0.3) is 0 Å². The van der Waals surface area contributed by atoms with Crippen molar-refractivity contribution < 1.29 is 26.3 Å². The minimum atomic E-state index is -4.49. The maximum atomic E-state index is 13.8. The first-order chi connectivity index (χ1) is 18.9. The van der Waals surface area contributed by atoms with Gasteiger partial charge in [-0.2, -0.15) is 31.4 Å². The average molecular weight is 586 g/mol. The second kappa shape index (κ2) is 11.2. The Labute approximate surface area is 233 Å². The van der Waals surface area contributed by atoms with Gasteiger partial charge in [0.2, 0.25) is 0 Å². The molecule has 5 nitrogen and oxygen atoms in total. The summed E-state index contributed by atoms with van der Waals surface area (Å²) in [6, 6.07) is 12.9. The van der Waals surface area contributed by atoms with E-state index in [9.17, 15) is 26.3 Å². The lowest BCUT2D eigenvalue weighted by Gasteiger charge is -2.37. The van der Waals surface area contributed by atoms with Crippen LogP contribution in [-0.4, -0.2) is 66.7 Å². The summed E-state index contributed by atoms with van der Waals surface area (Å²) in [6.07, 6.45) is -6.14. The molecule has 2 saturated heterocycles. The summed E-state index contributed by atoms with van der Waals surface area (Å²) >= 11 is 6.37. The highest BCUT2D eigenvalue weighted by atomic mass is 35.5. The number of piperazine rings is 1. The van der Waals surface area contributed by atoms with Crippen molar-refractivity contribution in [1.82, 2.24) is 14.7 Å². The number of aryl methyl sites for hydroxylation is 1. The third-order valence-corrected chi connectivity index (χ3v) is 7.84. The van der Waals surface area contributed by atoms with Gasteiger partial charge in [0, 0.05) is 61.2 Å². The summed E-state index contributed by atoms with van der Waals surface area (Å²) in [6.45, 7) is 3.24. The molecule has 2 aliphatic heterocycles. The lowest BCUT2D eigenvalue weighted by molar-refractivity contribution is -0.146. The van der Waals surface area contributed by atoms with Crippen molar-refractivity contribution in [1.29, 1.82) is 0 Å². The minimum Gasteiger partial charge on any atom is -0.369 e. The largest absolute Gasteiger partial charge is 0.433 e. The highest BCUT2D eigenvalue weighted by Crippen LogP contribution is 2.39. The molecule has 40 heavy (non-hydrogen) atoms. The van der Waals surface area contributed by atoms with E-state index in [1.165, 1.54) is 18.0 Å². The van der Waals surface area contributed by atoms with E-state index in [2.05, 4.69) is 14.9 Å². The van der Waals surface area contributed by atoms with E-state index in [0.29, 0.717) is 57.1 Å². The van der Waals surface area contributed by atoms with E-state index in [0.717, 1.165) is 27.2 Å². The molecule has 1 unspecified atom stereocenters. The smallest absolute Gasteiger partial charge is 0.369 e. The molecular formula is C28H30ClF6N5. The number of aromatic nitrogens is 2. The summed E-state index contributed by atoms with van der Waals surface area (Å²) in [7, 11) is 0. The number of nitrogens with zero attached hydrogens (tertiary/aromatic N) is 5. The maximum absolute atomic E-state index is 13.8. The topological polar surface area (TPSA) is 27.5 Å². The zero-order chi connectivity index (χ0) is 28.7. The predicted octanol–water partition coefficient (Wildman–Crippen LogP) is 7.06. The van der Waals surface area contributed by atoms with Gasteiger partial charge in [0.05, 0.1) is 18.8 Å². The van der Waals surface area contributed by atoms with Crippen LogP contribution in [0.2, 0.25) is 5.02 Å². The molecule has 0 N–H and O–H groups in total. The Bertz CT molecular complexity index is 1310. The van der Waals surface area contributed by atoms with Crippen LogP contribution in [0.4, 0.5) is 37.7 Å². The molecule has 0 bridgehead atoms. The third kappa shape index (κ3) is 6.35. The molecule has 1 atom stereocenters. The molecule has 0 saturated carbocycles. The third-order valence-electron chi connectivity index (χ3n) is 7.61. The van der Waals surface area contributed by atoms with Crippen molar-refractivity contribution in [2.24, 2.45) is 0 Å². The van der Waals surface area contributed by atoms with E-state index in [1.807, 2.05) is 36.4 Å². The average Bonchev–Trinajstić information content (AvgIpc) is 3.30. The Morgan fingerprint density at radius 2 is 1.60 bits per heavy atom. The summed E-state index contributed by atoms with van der Waals surface area (Å²) < 4.78 is 80.6. The van der Waals surface area contributed by atoms with Crippen LogP contribution in [-0.2, 0) is 6.18 Å². The van der Waals surface area contributed by atoms with E-state index in [-0.39, 0.29) is 5.56 Å². The Morgan fingerprint density at radius 1 is 0.900 bits per heavy atom. The monoisotopic (exact) mass is 585 g/mol. The maximum Gasteiger partial charge on any atom is 0.433 e. The van der Waals surface area contributed by atoms with Gasteiger partial charge < -0.3 is 9.80 Å². The Kier molecular flexibility index (Phi) is 7.98. The van der Waals surface area contributed by atoms with Crippen LogP contribution in [0.5, 0.6) is 0 Å². The first kappa shape index (κ1) is 28.6. The Hall–Kier alpha value is -2.92. The molecule has 0 aliphatic carbocycles. The minimum absolute atomic E-state index is 0.106. The molecule has 12 heteroatoms. The predicted molar refractivity (Wildman–Crippen MR) is 144 cm³/mol. The number of hydrogen-bond acceptors (Lipinski definition) is 4. The highest BCUT2D eigenvalue weighted by Gasteiger charge is 2.39. The van der Waals surface area contributed by atoms with Crippen molar-refractivity contribution in [3.63, 3.8) is 0 Å². The number of rotatable bonds is 5. The number of anilines is 2. The van der Waals surface area contributed by atoms with Gasteiger partial charge in [-0.1, -0.05) is 29.8 Å². The van der Waals surface area contributed by atoms with Crippen LogP contribution in [0.15, 0.2) is 48.7 Å². The second-order valence-electron chi connectivity index (χ2n) is 10.4. The molecule has 2 fully saturated rings. The van der Waals surface area contributed by atoms with Crippen LogP contribution in [0.3, 0.4) is 0 Å². The quantitative estimate of drug-likeness (QED) is 0.300. The van der Waals surface area contributed by atoms with Crippen molar-refractivity contribution in [3.8, 4) is 11.1 Å². The molecule has 0 amide bonds. The van der Waals surface area contributed by atoms with E-state index < -0.39 is 30.6 Å². The van der Waals surface area contributed by atoms with Gasteiger partial charge in [-0.15, -0.1) is 0 Å². The first-order valence-electron chi connectivity index (χ1n) is 13.2. The molecule has 3 aromatic rings. The number of piperidine rings is 1. The van der Waals surface area contributed by atoms with Crippen molar-refractivity contribution in [2.45, 2.75) is 38.2 Å².